The van der Waals surface area contributed by atoms with Gasteiger partial charge in [0.15, 0.2) is 5.78 Å². The van der Waals surface area contributed by atoms with Crippen molar-refractivity contribution in [2.45, 2.75) is 0 Å². The summed E-state index contributed by atoms with van der Waals surface area (Å²) >= 11 is 5.70. The van der Waals surface area contributed by atoms with Crippen molar-refractivity contribution in [3.05, 3.63) is 29.8 Å². The number of Topliss-reactive ketones (excluding diaryl/α,β-unsaturated/α-hetero) is 1. The molecule has 0 radical (unpaired) electrons. The molecule has 0 saturated heterocycles. The van der Waals surface area contributed by atoms with Crippen LogP contribution in [0.2, 0.25) is 0 Å². The van der Waals surface area contributed by atoms with E-state index in [1.807, 2.05) is 54.9 Å². The number of aryl methyl sites for hydroxylation is 1. The number of nitrogens with zero attached hydrogens (tertiary/aromatic N) is 2. The Hall–Kier alpha value is -1.48. The lowest BCUT2D eigenvalue weighted by Gasteiger charge is -2.15. The van der Waals surface area contributed by atoms with Gasteiger partial charge in [-0.25, -0.2) is 0 Å². The van der Waals surface area contributed by atoms with E-state index in [2.05, 4.69) is 0 Å². The maximum Gasteiger partial charge on any atom is 0.181 e. The summed E-state index contributed by atoms with van der Waals surface area (Å²) in [4.78, 5) is 13.9. The van der Waals surface area contributed by atoms with Crippen molar-refractivity contribution < 1.29 is 4.79 Å². The van der Waals surface area contributed by atoms with Gasteiger partial charge in [-0.1, -0.05) is 18.2 Å². The van der Waals surface area contributed by atoms with Crippen LogP contribution in [-0.2, 0) is 7.05 Å². The second-order valence-electron chi connectivity index (χ2n) is 4.23. The lowest BCUT2D eigenvalue weighted by atomic mass is 10.1. The van der Waals surface area contributed by atoms with Gasteiger partial charge in [0.25, 0.3) is 0 Å². The van der Waals surface area contributed by atoms with Gasteiger partial charge in [-0.05, 0) is 6.07 Å². The zero-order valence-corrected chi connectivity index (χ0v) is 11.0. The molecule has 0 fully saturated rings. The Morgan fingerprint density at radius 1 is 1.35 bits per heavy atom. The first kappa shape index (κ1) is 12.0. The molecule has 2 rings (SSSR count). The highest BCUT2D eigenvalue weighted by Crippen LogP contribution is 2.31. The van der Waals surface area contributed by atoms with Gasteiger partial charge < -0.3 is 9.47 Å². The van der Waals surface area contributed by atoms with Crippen LogP contribution in [0.3, 0.4) is 0 Å². The number of hydrogen-bond acceptors (Lipinski definition) is 2. The Morgan fingerprint density at radius 3 is 2.59 bits per heavy atom. The van der Waals surface area contributed by atoms with Crippen LogP contribution in [0, 0.1) is 0 Å². The first-order valence-corrected chi connectivity index (χ1v) is 5.95. The standard InChI is InChI=1S/C13H15ClN2O/c1-15(2)13-12(11(17)8-14)9-6-4-5-7-10(9)16(13)3/h4-7H,8H2,1-3H3. The number of carbonyl (C=O) groups excluding carboxylic acids is 1. The van der Waals surface area contributed by atoms with Crippen LogP contribution in [0.15, 0.2) is 24.3 Å². The lowest BCUT2D eigenvalue weighted by molar-refractivity contribution is 0.102. The summed E-state index contributed by atoms with van der Waals surface area (Å²) in [5, 5.41) is 0.962. The van der Waals surface area contributed by atoms with Gasteiger partial charge >= 0.3 is 0 Å². The number of halogens is 1. The minimum absolute atomic E-state index is 0.00878. The number of rotatable bonds is 3. The first-order chi connectivity index (χ1) is 8.07. The summed E-state index contributed by atoms with van der Waals surface area (Å²) in [6.45, 7) is 0. The van der Waals surface area contributed by atoms with E-state index in [4.69, 9.17) is 11.6 Å². The highest BCUT2D eigenvalue weighted by molar-refractivity contribution is 6.33. The topological polar surface area (TPSA) is 25.2 Å². The molecule has 1 heterocycles. The van der Waals surface area contributed by atoms with Crippen LogP contribution in [0.4, 0.5) is 5.82 Å². The number of benzene rings is 1. The highest BCUT2D eigenvalue weighted by Gasteiger charge is 2.21. The number of anilines is 1. The quantitative estimate of drug-likeness (QED) is 0.618. The minimum atomic E-state index is -0.0350. The second kappa shape index (κ2) is 4.41. The Balaban J connectivity index is 2.86. The minimum Gasteiger partial charge on any atom is -0.364 e. The fourth-order valence-corrected chi connectivity index (χ4v) is 2.38. The maximum absolute atomic E-state index is 12.0. The number of hydrogen-bond donors (Lipinski definition) is 0. The molecule has 0 aliphatic rings. The third-order valence-electron chi connectivity index (χ3n) is 2.90. The van der Waals surface area contributed by atoms with Gasteiger partial charge in [-0.3, -0.25) is 4.79 Å². The summed E-state index contributed by atoms with van der Waals surface area (Å²) in [6.07, 6.45) is 0. The molecule has 0 unspecified atom stereocenters. The molecule has 0 aliphatic heterocycles. The lowest BCUT2D eigenvalue weighted by Crippen LogP contribution is -2.16. The normalized spacial score (nSPS) is 10.8. The van der Waals surface area contributed by atoms with Gasteiger partial charge in [0.1, 0.15) is 5.82 Å². The fourth-order valence-electron chi connectivity index (χ4n) is 2.25. The number of alkyl halides is 1. The molecule has 0 amide bonds. The van der Waals surface area contributed by atoms with E-state index in [1.54, 1.807) is 0 Å². The monoisotopic (exact) mass is 250 g/mol. The average molecular weight is 251 g/mol. The Bertz CT molecular complexity index is 572. The molecule has 0 aliphatic carbocycles. The van der Waals surface area contributed by atoms with Gasteiger partial charge in [0.2, 0.25) is 0 Å². The predicted octanol–water partition coefficient (Wildman–Crippen LogP) is 2.67. The molecule has 0 saturated carbocycles. The molecule has 0 atom stereocenters. The van der Waals surface area contributed by atoms with Crippen LogP contribution in [0.5, 0.6) is 0 Å². The van der Waals surface area contributed by atoms with Crippen molar-refractivity contribution in [2.75, 3.05) is 24.9 Å². The fraction of sp³-hybridized carbons (Fsp3) is 0.308. The number of fused-ring (bicyclic) bond motifs is 1. The molecule has 2 aromatic rings. The molecular weight excluding hydrogens is 236 g/mol. The molecule has 0 N–H and O–H groups in total. The van der Waals surface area contributed by atoms with Crippen molar-refractivity contribution in [2.24, 2.45) is 7.05 Å². The Labute approximate surface area is 106 Å². The molecule has 0 bridgehead atoms. The molecule has 3 nitrogen and oxygen atoms in total. The van der Waals surface area contributed by atoms with Crippen LogP contribution in [0.25, 0.3) is 10.9 Å². The van der Waals surface area contributed by atoms with E-state index in [9.17, 15) is 4.79 Å². The van der Waals surface area contributed by atoms with E-state index in [1.165, 1.54) is 0 Å². The van der Waals surface area contributed by atoms with Crippen molar-refractivity contribution in [1.29, 1.82) is 0 Å². The van der Waals surface area contributed by atoms with Gasteiger partial charge in [-0.15, -0.1) is 11.6 Å². The summed E-state index contributed by atoms with van der Waals surface area (Å²) < 4.78 is 2.02. The van der Waals surface area contributed by atoms with E-state index >= 15 is 0 Å². The van der Waals surface area contributed by atoms with Crippen molar-refractivity contribution in [3.8, 4) is 0 Å². The third kappa shape index (κ3) is 1.80. The molecule has 4 heteroatoms. The maximum atomic E-state index is 12.0. The van der Waals surface area contributed by atoms with Crippen LogP contribution in [0.1, 0.15) is 10.4 Å². The summed E-state index contributed by atoms with van der Waals surface area (Å²) in [7, 11) is 5.82. The van der Waals surface area contributed by atoms with E-state index in [0.717, 1.165) is 16.7 Å². The van der Waals surface area contributed by atoms with Gasteiger partial charge in [0.05, 0.1) is 17.0 Å². The van der Waals surface area contributed by atoms with Crippen molar-refractivity contribution >= 4 is 34.1 Å². The summed E-state index contributed by atoms with van der Waals surface area (Å²) in [6, 6.07) is 7.87. The molecule has 17 heavy (non-hydrogen) atoms. The summed E-state index contributed by atoms with van der Waals surface area (Å²) in [5.41, 5.74) is 1.76. The SMILES string of the molecule is CN(C)c1c(C(=O)CCl)c2ccccc2n1C. The van der Waals surface area contributed by atoms with Gasteiger partial charge in [0, 0.05) is 26.5 Å². The molecule has 0 spiro atoms. The molecule has 1 aromatic carbocycles. The molecule has 90 valence electrons. The van der Waals surface area contributed by atoms with Crippen molar-refractivity contribution in [3.63, 3.8) is 0 Å². The predicted molar refractivity (Wildman–Crippen MR) is 72.3 cm³/mol. The van der Waals surface area contributed by atoms with E-state index in [0.29, 0.717) is 5.56 Å². The molecular formula is C13H15ClN2O. The Kier molecular flexibility index (Phi) is 3.11. The number of carbonyl (C=O) groups is 1. The van der Waals surface area contributed by atoms with Crippen molar-refractivity contribution in [1.82, 2.24) is 4.57 Å². The van der Waals surface area contributed by atoms with Crippen LogP contribution >= 0.6 is 11.6 Å². The first-order valence-electron chi connectivity index (χ1n) is 5.41. The van der Waals surface area contributed by atoms with E-state index < -0.39 is 0 Å². The molecule has 1 aromatic heterocycles. The highest BCUT2D eigenvalue weighted by atomic mass is 35.5. The Morgan fingerprint density at radius 2 is 2.00 bits per heavy atom. The largest absolute Gasteiger partial charge is 0.364 e. The van der Waals surface area contributed by atoms with Gasteiger partial charge in [-0.2, -0.15) is 0 Å². The zero-order chi connectivity index (χ0) is 12.6. The van der Waals surface area contributed by atoms with Crippen LogP contribution < -0.4 is 4.90 Å². The third-order valence-corrected chi connectivity index (χ3v) is 3.14. The number of aromatic nitrogens is 1. The van der Waals surface area contributed by atoms with Crippen LogP contribution in [-0.4, -0.2) is 30.3 Å². The smallest absolute Gasteiger partial charge is 0.181 e. The number of para-hydroxylation sites is 1. The van der Waals surface area contributed by atoms with E-state index in [-0.39, 0.29) is 11.7 Å². The summed E-state index contributed by atoms with van der Waals surface area (Å²) in [5.74, 6) is 0.874. The average Bonchev–Trinajstić information content (AvgIpc) is 2.62. The zero-order valence-electron chi connectivity index (χ0n) is 10.2. The number of ketones is 1. The second-order valence-corrected chi connectivity index (χ2v) is 4.49.